The van der Waals surface area contributed by atoms with Gasteiger partial charge in [-0.25, -0.2) is 0 Å². The molecule has 0 heterocycles. The van der Waals surface area contributed by atoms with Gasteiger partial charge in [-0.05, 0) is 31.9 Å². The molecule has 0 aliphatic carbocycles. The molecule has 0 aliphatic rings. The van der Waals surface area contributed by atoms with E-state index in [0.29, 0.717) is 5.56 Å². The summed E-state index contributed by atoms with van der Waals surface area (Å²) in [6.45, 7) is 3.38. The van der Waals surface area contributed by atoms with E-state index in [0.717, 1.165) is 5.56 Å². The van der Waals surface area contributed by atoms with E-state index in [-0.39, 0.29) is 11.3 Å². The Morgan fingerprint density at radius 1 is 1.40 bits per heavy atom. The van der Waals surface area contributed by atoms with Crippen LogP contribution in [0.1, 0.15) is 18.1 Å². The number of aliphatic hydroxyl groups excluding tert-OH is 1. The van der Waals surface area contributed by atoms with Crippen LogP contribution in [-0.4, -0.2) is 24.2 Å². The van der Waals surface area contributed by atoms with Crippen molar-refractivity contribution in [2.45, 2.75) is 31.3 Å². The molecule has 0 unspecified atom stereocenters. The van der Waals surface area contributed by atoms with Gasteiger partial charge in [-0.3, -0.25) is 4.55 Å². The van der Waals surface area contributed by atoms with Gasteiger partial charge in [-0.1, -0.05) is 17.7 Å². The fourth-order valence-corrected chi connectivity index (χ4v) is 2.15. The maximum absolute atomic E-state index is 11.0. The average molecular weight is 230 g/mol. The molecular weight excluding hydrogens is 216 g/mol. The summed E-state index contributed by atoms with van der Waals surface area (Å²) in [5.74, 6) is 0. The molecule has 1 rings (SSSR count). The molecule has 5 heteroatoms. The first kappa shape index (κ1) is 12.2. The third-order valence-electron chi connectivity index (χ3n) is 2.01. The second-order valence-corrected chi connectivity index (χ2v) is 5.03. The molecule has 2 N–H and O–H groups in total. The smallest absolute Gasteiger partial charge is 0.294 e. The van der Waals surface area contributed by atoms with Crippen LogP contribution >= 0.6 is 0 Å². The number of aliphatic hydroxyl groups is 1. The van der Waals surface area contributed by atoms with E-state index in [9.17, 15) is 13.5 Å². The second-order valence-electron chi connectivity index (χ2n) is 3.64. The summed E-state index contributed by atoms with van der Waals surface area (Å²) < 4.78 is 31.0. The summed E-state index contributed by atoms with van der Waals surface area (Å²) >= 11 is 0. The minimum absolute atomic E-state index is 0.131. The van der Waals surface area contributed by atoms with Crippen LogP contribution in [0, 0.1) is 6.92 Å². The molecule has 0 aliphatic heterocycles. The molecule has 0 saturated heterocycles. The van der Waals surface area contributed by atoms with Crippen molar-refractivity contribution in [1.82, 2.24) is 0 Å². The molecule has 15 heavy (non-hydrogen) atoms. The molecule has 84 valence electrons. The van der Waals surface area contributed by atoms with Crippen molar-refractivity contribution in [2.75, 3.05) is 0 Å². The predicted molar refractivity (Wildman–Crippen MR) is 56.4 cm³/mol. The van der Waals surface area contributed by atoms with Gasteiger partial charge >= 0.3 is 0 Å². The number of rotatable bonds is 3. The van der Waals surface area contributed by atoms with Crippen molar-refractivity contribution in [3.63, 3.8) is 0 Å². The maximum Gasteiger partial charge on any atom is 0.294 e. The molecule has 0 amide bonds. The van der Waals surface area contributed by atoms with Crippen molar-refractivity contribution in [3.8, 4) is 0 Å². The Morgan fingerprint density at radius 3 is 2.47 bits per heavy atom. The largest absolute Gasteiger partial charge is 0.393 e. The van der Waals surface area contributed by atoms with Crippen LogP contribution in [0.5, 0.6) is 0 Å². The SMILES string of the molecule is Cc1ccc(S(=O)(=O)O)c(C[C@@H](C)O)c1. The van der Waals surface area contributed by atoms with Crippen molar-refractivity contribution in [2.24, 2.45) is 0 Å². The zero-order valence-corrected chi connectivity index (χ0v) is 9.45. The molecule has 0 radical (unpaired) electrons. The zero-order valence-electron chi connectivity index (χ0n) is 8.64. The number of aryl methyl sites for hydroxylation is 1. The van der Waals surface area contributed by atoms with Crippen LogP contribution in [0.3, 0.4) is 0 Å². The molecule has 0 bridgehead atoms. The van der Waals surface area contributed by atoms with Gasteiger partial charge < -0.3 is 5.11 Å². The summed E-state index contributed by atoms with van der Waals surface area (Å²) in [5.41, 5.74) is 1.32. The van der Waals surface area contributed by atoms with Gasteiger partial charge in [-0.2, -0.15) is 8.42 Å². The highest BCUT2D eigenvalue weighted by molar-refractivity contribution is 7.85. The lowest BCUT2D eigenvalue weighted by Crippen LogP contribution is -2.10. The van der Waals surface area contributed by atoms with Gasteiger partial charge in [-0.15, -0.1) is 0 Å². The Hall–Kier alpha value is -0.910. The van der Waals surface area contributed by atoms with Crippen molar-refractivity contribution in [3.05, 3.63) is 29.3 Å². The van der Waals surface area contributed by atoms with Crippen LogP contribution in [0.25, 0.3) is 0 Å². The van der Waals surface area contributed by atoms with Crippen molar-refractivity contribution in [1.29, 1.82) is 0 Å². The minimum Gasteiger partial charge on any atom is -0.393 e. The first-order chi connectivity index (χ1) is 6.80. The van der Waals surface area contributed by atoms with Gasteiger partial charge in [0.15, 0.2) is 0 Å². The summed E-state index contributed by atoms with van der Waals surface area (Å²) in [6, 6.07) is 4.60. The molecule has 4 nitrogen and oxygen atoms in total. The fraction of sp³-hybridized carbons (Fsp3) is 0.400. The van der Waals surface area contributed by atoms with Crippen molar-refractivity contribution >= 4 is 10.1 Å². The van der Waals surface area contributed by atoms with Gasteiger partial charge in [0.05, 0.1) is 11.0 Å². The second kappa shape index (κ2) is 4.30. The van der Waals surface area contributed by atoms with E-state index in [2.05, 4.69) is 0 Å². The Balaban J connectivity index is 3.27. The van der Waals surface area contributed by atoms with Crippen LogP contribution in [0.15, 0.2) is 23.1 Å². The first-order valence-electron chi connectivity index (χ1n) is 4.56. The molecule has 0 saturated carbocycles. The first-order valence-corrected chi connectivity index (χ1v) is 6.00. The quantitative estimate of drug-likeness (QED) is 0.764. The molecule has 0 fully saturated rings. The van der Waals surface area contributed by atoms with E-state index >= 15 is 0 Å². The molecule has 1 atom stereocenters. The van der Waals surface area contributed by atoms with Gasteiger partial charge in [0, 0.05) is 0 Å². The Bertz CT molecular complexity index is 448. The standard InChI is InChI=1S/C10H14O4S/c1-7-3-4-10(15(12,13)14)9(5-7)6-8(2)11/h3-5,8,11H,6H2,1-2H3,(H,12,13,14)/t8-/m1/s1. The lowest BCUT2D eigenvalue weighted by atomic mass is 10.1. The van der Waals surface area contributed by atoms with Crippen molar-refractivity contribution < 1.29 is 18.1 Å². The Kier molecular flexibility index (Phi) is 3.49. The molecule has 1 aromatic carbocycles. The van der Waals surface area contributed by atoms with Crippen LogP contribution < -0.4 is 0 Å². The summed E-state index contributed by atoms with van der Waals surface area (Å²) in [6.07, 6.45) is -0.441. The van der Waals surface area contributed by atoms with E-state index in [1.54, 1.807) is 19.1 Å². The molecular formula is C10H14O4S. The van der Waals surface area contributed by atoms with Gasteiger partial charge in [0.1, 0.15) is 0 Å². The number of benzene rings is 1. The summed E-state index contributed by atoms with van der Waals surface area (Å²) in [5, 5.41) is 9.21. The number of hydrogen-bond acceptors (Lipinski definition) is 3. The Morgan fingerprint density at radius 2 is 2.00 bits per heavy atom. The fourth-order valence-electron chi connectivity index (χ4n) is 1.44. The van der Waals surface area contributed by atoms with Crippen LogP contribution in [-0.2, 0) is 16.5 Å². The van der Waals surface area contributed by atoms with E-state index in [4.69, 9.17) is 4.55 Å². The summed E-state index contributed by atoms with van der Waals surface area (Å²) in [4.78, 5) is -0.131. The highest BCUT2D eigenvalue weighted by atomic mass is 32.2. The van der Waals surface area contributed by atoms with Crippen LogP contribution in [0.4, 0.5) is 0 Å². The lowest BCUT2D eigenvalue weighted by molar-refractivity contribution is 0.194. The molecule has 0 aromatic heterocycles. The highest BCUT2D eigenvalue weighted by Crippen LogP contribution is 2.18. The van der Waals surface area contributed by atoms with E-state index in [1.807, 2.05) is 6.92 Å². The molecule has 1 aromatic rings. The third-order valence-corrected chi connectivity index (χ3v) is 2.96. The predicted octanol–water partition coefficient (Wildman–Crippen LogP) is 1.17. The summed E-state index contributed by atoms with van der Waals surface area (Å²) in [7, 11) is -4.21. The maximum atomic E-state index is 11.0. The Labute approximate surface area is 89.3 Å². The van der Waals surface area contributed by atoms with Gasteiger partial charge in [0.25, 0.3) is 10.1 Å². The highest BCUT2D eigenvalue weighted by Gasteiger charge is 2.16. The van der Waals surface area contributed by atoms with E-state index < -0.39 is 16.2 Å². The molecule has 0 spiro atoms. The monoisotopic (exact) mass is 230 g/mol. The number of hydrogen-bond donors (Lipinski definition) is 2. The normalized spacial score (nSPS) is 13.9. The average Bonchev–Trinajstić information content (AvgIpc) is 1.99. The minimum atomic E-state index is -4.21. The van der Waals surface area contributed by atoms with Crippen LogP contribution in [0.2, 0.25) is 0 Å². The van der Waals surface area contributed by atoms with E-state index in [1.165, 1.54) is 6.07 Å². The topological polar surface area (TPSA) is 74.6 Å². The third kappa shape index (κ3) is 3.30. The lowest BCUT2D eigenvalue weighted by Gasteiger charge is -2.09. The van der Waals surface area contributed by atoms with Gasteiger partial charge in [0.2, 0.25) is 0 Å². The zero-order chi connectivity index (χ0) is 11.6.